The van der Waals surface area contributed by atoms with Crippen LogP contribution in [0, 0.1) is 5.41 Å². The topological polar surface area (TPSA) is 127 Å². The third kappa shape index (κ3) is 3.78. The van der Waals surface area contributed by atoms with E-state index < -0.39 is 11.9 Å². The number of carbonyl (C=O) groups excluding carboxylic acids is 4. The fourth-order valence-electron chi connectivity index (χ4n) is 6.10. The number of likely N-dealkylation sites (tertiary alicyclic amines) is 1. The Balaban J connectivity index is 1.19. The fourth-order valence-corrected chi connectivity index (χ4v) is 6.10. The quantitative estimate of drug-likeness (QED) is 0.635. The first kappa shape index (κ1) is 22.8. The van der Waals surface area contributed by atoms with Gasteiger partial charge in [0, 0.05) is 44.3 Å². The predicted octanol–water partition coefficient (Wildman–Crippen LogP) is 1.06. The summed E-state index contributed by atoms with van der Waals surface area (Å²) in [6.07, 6.45) is 5.06. The number of piperidine rings is 1. The zero-order valence-electron chi connectivity index (χ0n) is 20.1. The number of amides is 4. The lowest BCUT2D eigenvalue weighted by Gasteiger charge is -2.32. The van der Waals surface area contributed by atoms with E-state index in [1.807, 2.05) is 11.0 Å². The normalized spacial score (nSPS) is 25.4. The van der Waals surface area contributed by atoms with Crippen LogP contribution < -0.4 is 5.32 Å². The van der Waals surface area contributed by atoms with E-state index in [9.17, 15) is 19.2 Å². The summed E-state index contributed by atoms with van der Waals surface area (Å²) in [5.74, 6) is -1.11. The van der Waals surface area contributed by atoms with Crippen molar-refractivity contribution in [1.29, 1.82) is 0 Å². The molecule has 3 saturated heterocycles. The summed E-state index contributed by atoms with van der Waals surface area (Å²) in [6.45, 7) is 4.55. The molecular formula is C25H28N6O5. The molecule has 4 aliphatic rings. The molecule has 1 aromatic heterocycles. The Morgan fingerprint density at radius 2 is 2.00 bits per heavy atom. The summed E-state index contributed by atoms with van der Waals surface area (Å²) < 4.78 is 7.07. The SMILES string of the molecule is CC1CC2(CCOCC2)CN1C(=O)c1cn(-c2ccc3c(c2)CN(C2CCC(=O)NC2=O)C3=O)nn1. The van der Waals surface area contributed by atoms with Gasteiger partial charge in [-0.15, -0.1) is 5.10 Å². The summed E-state index contributed by atoms with van der Waals surface area (Å²) in [4.78, 5) is 53.4. The van der Waals surface area contributed by atoms with Gasteiger partial charge in [-0.25, -0.2) is 4.68 Å². The molecule has 4 amide bonds. The summed E-state index contributed by atoms with van der Waals surface area (Å²) >= 11 is 0. The van der Waals surface area contributed by atoms with Gasteiger partial charge >= 0.3 is 0 Å². The molecule has 1 aromatic carbocycles. The number of carbonyl (C=O) groups is 4. The van der Waals surface area contributed by atoms with Gasteiger partial charge in [0.05, 0.1) is 11.9 Å². The maximum absolute atomic E-state index is 13.3. The average molecular weight is 493 g/mol. The lowest BCUT2D eigenvalue weighted by atomic mass is 9.78. The Hall–Kier alpha value is -3.60. The standard InChI is InChI=1S/C25H28N6O5/c1-15-11-25(6-8-36-9-7-25)14-30(15)24(35)19-13-31(28-27-19)17-2-3-18-16(10-17)12-29(23(18)34)20-4-5-21(32)26-22(20)33/h2-3,10,13,15,20H,4-9,11-12,14H2,1H3,(H,26,32,33). The highest BCUT2D eigenvalue weighted by Crippen LogP contribution is 2.43. The first-order chi connectivity index (χ1) is 17.3. The molecule has 11 heteroatoms. The molecule has 1 N–H and O–H groups in total. The summed E-state index contributed by atoms with van der Waals surface area (Å²) in [6, 6.07) is 4.76. The van der Waals surface area contributed by atoms with Crippen LogP contribution in [0.3, 0.4) is 0 Å². The molecule has 6 rings (SSSR count). The Kier molecular flexibility index (Phi) is 5.40. The average Bonchev–Trinajstić information content (AvgIpc) is 3.56. The molecule has 1 spiro atoms. The molecule has 2 atom stereocenters. The van der Waals surface area contributed by atoms with E-state index in [2.05, 4.69) is 22.6 Å². The molecule has 0 aliphatic carbocycles. The smallest absolute Gasteiger partial charge is 0.276 e. The number of imide groups is 1. The lowest BCUT2D eigenvalue weighted by molar-refractivity contribution is -0.136. The van der Waals surface area contributed by atoms with Gasteiger partial charge in [0.25, 0.3) is 11.8 Å². The van der Waals surface area contributed by atoms with Crippen LogP contribution in [0.25, 0.3) is 5.69 Å². The molecule has 3 fully saturated rings. The van der Waals surface area contributed by atoms with E-state index in [1.165, 1.54) is 9.58 Å². The molecule has 0 bridgehead atoms. The van der Waals surface area contributed by atoms with Gasteiger partial charge in [-0.3, -0.25) is 24.5 Å². The Morgan fingerprint density at radius 1 is 1.19 bits per heavy atom. The number of ether oxygens (including phenoxy) is 1. The minimum absolute atomic E-state index is 0.127. The van der Waals surface area contributed by atoms with Gasteiger partial charge < -0.3 is 14.5 Å². The van der Waals surface area contributed by atoms with Crippen LogP contribution in [0.15, 0.2) is 24.4 Å². The highest BCUT2D eigenvalue weighted by atomic mass is 16.5. The number of nitrogens with zero attached hydrogens (tertiary/aromatic N) is 5. The van der Waals surface area contributed by atoms with Gasteiger partial charge in [0.2, 0.25) is 11.8 Å². The molecule has 4 aliphatic heterocycles. The van der Waals surface area contributed by atoms with Crippen molar-refractivity contribution in [2.75, 3.05) is 19.8 Å². The van der Waals surface area contributed by atoms with E-state index in [1.54, 1.807) is 18.3 Å². The van der Waals surface area contributed by atoms with E-state index in [0.717, 1.165) is 38.0 Å². The second-order valence-corrected chi connectivity index (χ2v) is 10.4. The maximum atomic E-state index is 13.3. The van der Waals surface area contributed by atoms with Gasteiger partial charge in [-0.1, -0.05) is 5.21 Å². The van der Waals surface area contributed by atoms with E-state index in [0.29, 0.717) is 24.2 Å². The number of hydrogen-bond acceptors (Lipinski definition) is 7. The molecule has 0 saturated carbocycles. The van der Waals surface area contributed by atoms with Crippen LogP contribution in [0.1, 0.15) is 65.4 Å². The minimum Gasteiger partial charge on any atom is -0.381 e. The third-order valence-corrected chi connectivity index (χ3v) is 8.06. The molecule has 36 heavy (non-hydrogen) atoms. The van der Waals surface area contributed by atoms with Crippen molar-refractivity contribution < 1.29 is 23.9 Å². The molecule has 5 heterocycles. The van der Waals surface area contributed by atoms with Crippen LogP contribution in [-0.4, -0.2) is 80.3 Å². The van der Waals surface area contributed by atoms with E-state index in [-0.39, 0.29) is 47.8 Å². The van der Waals surface area contributed by atoms with Crippen molar-refractivity contribution in [3.8, 4) is 5.69 Å². The van der Waals surface area contributed by atoms with Crippen molar-refractivity contribution in [3.63, 3.8) is 0 Å². The van der Waals surface area contributed by atoms with Crippen LogP contribution >= 0.6 is 0 Å². The third-order valence-electron chi connectivity index (χ3n) is 8.06. The van der Waals surface area contributed by atoms with Crippen molar-refractivity contribution in [2.45, 2.75) is 57.7 Å². The Bertz CT molecular complexity index is 1270. The largest absolute Gasteiger partial charge is 0.381 e. The molecule has 2 aromatic rings. The van der Waals surface area contributed by atoms with E-state index in [4.69, 9.17) is 4.74 Å². The summed E-state index contributed by atoms with van der Waals surface area (Å²) in [5.41, 5.74) is 2.37. The summed E-state index contributed by atoms with van der Waals surface area (Å²) in [5, 5.41) is 10.6. The van der Waals surface area contributed by atoms with Gasteiger partial charge in [-0.2, -0.15) is 0 Å². The second kappa shape index (κ2) is 8.51. The van der Waals surface area contributed by atoms with Crippen LogP contribution in [0.5, 0.6) is 0 Å². The van der Waals surface area contributed by atoms with Crippen LogP contribution in [-0.2, 0) is 20.9 Å². The van der Waals surface area contributed by atoms with Gasteiger partial charge in [-0.05, 0) is 61.8 Å². The number of rotatable bonds is 3. The number of nitrogens with one attached hydrogen (secondary N) is 1. The number of fused-ring (bicyclic) bond motifs is 1. The highest BCUT2D eigenvalue weighted by molar-refractivity contribution is 6.05. The van der Waals surface area contributed by atoms with Crippen molar-refractivity contribution in [2.24, 2.45) is 5.41 Å². The Morgan fingerprint density at radius 3 is 2.78 bits per heavy atom. The molecule has 11 nitrogen and oxygen atoms in total. The minimum atomic E-state index is -0.664. The van der Waals surface area contributed by atoms with Crippen molar-refractivity contribution in [1.82, 2.24) is 30.1 Å². The monoisotopic (exact) mass is 492 g/mol. The zero-order valence-corrected chi connectivity index (χ0v) is 20.1. The molecule has 188 valence electrons. The molecular weight excluding hydrogens is 464 g/mol. The molecule has 2 unspecified atom stereocenters. The van der Waals surface area contributed by atoms with Crippen LogP contribution in [0.4, 0.5) is 0 Å². The van der Waals surface area contributed by atoms with Crippen LogP contribution in [0.2, 0.25) is 0 Å². The van der Waals surface area contributed by atoms with Crippen molar-refractivity contribution >= 4 is 23.6 Å². The predicted molar refractivity (Wildman–Crippen MR) is 125 cm³/mol. The van der Waals surface area contributed by atoms with Crippen molar-refractivity contribution in [3.05, 3.63) is 41.2 Å². The zero-order chi connectivity index (χ0) is 25.0. The fraction of sp³-hybridized carbons (Fsp3) is 0.520. The number of benzene rings is 1. The first-order valence-electron chi connectivity index (χ1n) is 12.4. The van der Waals surface area contributed by atoms with E-state index >= 15 is 0 Å². The maximum Gasteiger partial charge on any atom is 0.276 e. The first-order valence-corrected chi connectivity index (χ1v) is 12.4. The number of aromatic nitrogens is 3. The molecule has 0 radical (unpaired) electrons. The second-order valence-electron chi connectivity index (χ2n) is 10.4. The van der Waals surface area contributed by atoms with Gasteiger partial charge in [0.15, 0.2) is 5.69 Å². The number of hydrogen-bond donors (Lipinski definition) is 1. The summed E-state index contributed by atoms with van der Waals surface area (Å²) in [7, 11) is 0. The van der Waals surface area contributed by atoms with Gasteiger partial charge in [0.1, 0.15) is 6.04 Å². The Labute approximate surface area is 207 Å². The lowest BCUT2D eigenvalue weighted by Crippen LogP contribution is -2.52. The highest BCUT2D eigenvalue weighted by Gasteiger charge is 2.45.